The molecule has 0 radical (unpaired) electrons. The lowest BCUT2D eigenvalue weighted by Gasteiger charge is -2.64. The van der Waals surface area contributed by atoms with Crippen LogP contribution >= 0.6 is 0 Å². The standard InChI is InChI=1S/C36H56O12/c1-31(2)17-8-9-22-32(3)13-19(39)28(35(6)11-10-24(48-35)34(5,45)16-38)33(32,4)14-23(40)36(22,7)18(17)12-20(29(31)44)46-30-27(43)26(42)25(41)21(15-37)47-30/h8,18-22,24-28,30,37-39,41-43,45H,9-16H2,1-7H3/t18?,19-,20+,21-,22?,24?,25-,26+,27-,28?,30-,32+,33-,34?,35?,36+/m1/s1. The summed E-state index contributed by atoms with van der Waals surface area (Å²) in [5.41, 5.74) is -4.48. The van der Waals surface area contributed by atoms with E-state index in [1.807, 2.05) is 27.7 Å². The highest BCUT2D eigenvalue weighted by atomic mass is 16.7. The third-order valence-electron chi connectivity index (χ3n) is 14.5. The molecule has 2 heterocycles. The highest BCUT2D eigenvalue weighted by Crippen LogP contribution is 2.75. The number of ketones is 2. The van der Waals surface area contributed by atoms with Crippen molar-refractivity contribution in [1.29, 1.82) is 0 Å². The zero-order valence-corrected chi connectivity index (χ0v) is 29.3. The number of hydrogen-bond donors (Lipinski definition) is 7. The Hall–Kier alpha value is -1.32. The molecule has 16 atom stereocenters. The largest absolute Gasteiger partial charge is 0.394 e. The van der Waals surface area contributed by atoms with Crippen molar-refractivity contribution in [3.05, 3.63) is 11.6 Å². The monoisotopic (exact) mass is 680 g/mol. The molecule has 6 aliphatic rings. The molecular weight excluding hydrogens is 624 g/mol. The SMILES string of the molecule is CC1(C)C(=O)[C@@H](O[C@@H]2O[C@H](CO)[C@@H](O)[C@H](O)[C@H]2O)CC2C1=CCC1[C@@]2(C)C(=O)C[C@]2(C)C(C3(C)CCC(C(C)(O)CO)O3)[C@H](O)C[C@@]12C. The van der Waals surface area contributed by atoms with E-state index in [1.165, 1.54) is 0 Å². The Kier molecular flexibility index (Phi) is 8.81. The molecule has 12 nitrogen and oxygen atoms in total. The van der Waals surface area contributed by atoms with Crippen molar-refractivity contribution in [2.45, 2.75) is 147 Å². The lowest BCUT2D eigenvalue weighted by molar-refractivity contribution is -0.311. The molecule has 0 aromatic carbocycles. The first-order chi connectivity index (χ1) is 22.1. The lowest BCUT2D eigenvalue weighted by atomic mass is 9.38. The van der Waals surface area contributed by atoms with Crippen molar-refractivity contribution in [2.75, 3.05) is 13.2 Å². The van der Waals surface area contributed by atoms with Crippen LogP contribution in [0.15, 0.2) is 11.6 Å². The van der Waals surface area contributed by atoms with Gasteiger partial charge in [-0.2, -0.15) is 0 Å². The van der Waals surface area contributed by atoms with E-state index in [1.54, 1.807) is 6.92 Å². The average molecular weight is 681 g/mol. The summed E-state index contributed by atoms with van der Waals surface area (Å²) in [6.07, 6.45) is -5.54. The van der Waals surface area contributed by atoms with Gasteiger partial charge >= 0.3 is 0 Å². The number of fused-ring (bicyclic) bond motifs is 5. The predicted molar refractivity (Wildman–Crippen MR) is 170 cm³/mol. The highest BCUT2D eigenvalue weighted by molar-refractivity contribution is 5.94. The van der Waals surface area contributed by atoms with Crippen LogP contribution in [0.1, 0.15) is 87.0 Å². The van der Waals surface area contributed by atoms with Gasteiger partial charge in [-0.1, -0.05) is 32.4 Å². The number of Topliss-reactive ketones (excluding diaryl/α,β-unsaturated/α-hetero) is 2. The Morgan fingerprint density at radius 2 is 1.65 bits per heavy atom. The van der Waals surface area contributed by atoms with E-state index in [9.17, 15) is 45.3 Å². The average Bonchev–Trinajstić information content (AvgIpc) is 3.51. The molecule has 0 aromatic heterocycles. The normalized spacial score (nSPS) is 53.0. The number of ether oxygens (including phenoxy) is 3. The van der Waals surface area contributed by atoms with E-state index >= 15 is 0 Å². The molecule has 2 aliphatic heterocycles. The Morgan fingerprint density at radius 3 is 2.27 bits per heavy atom. The van der Waals surface area contributed by atoms with Gasteiger partial charge in [0.25, 0.3) is 0 Å². The molecule has 0 aromatic rings. The van der Waals surface area contributed by atoms with Crippen molar-refractivity contribution in [3.8, 4) is 0 Å². The van der Waals surface area contributed by atoms with Gasteiger partial charge in [-0.25, -0.2) is 0 Å². The molecule has 3 saturated carbocycles. The molecule has 272 valence electrons. The lowest BCUT2D eigenvalue weighted by Crippen LogP contribution is -2.65. The van der Waals surface area contributed by atoms with Gasteiger partial charge < -0.3 is 50.0 Å². The number of aliphatic hydroxyl groups is 7. The number of allylic oxidation sites excluding steroid dienone is 2. The van der Waals surface area contributed by atoms with Gasteiger partial charge in [0.2, 0.25) is 0 Å². The maximum atomic E-state index is 14.8. The topological polar surface area (TPSA) is 203 Å². The summed E-state index contributed by atoms with van der Waals surface area (Å²) in [7, 11) is 0. The van der Waals surface area contributed by atoms with E-state index < -0.39 is 107 Å². The van der Waals surface area contributed by atoms with Crippen LogP contribution in [0.2, 0.25) is 0 Å². The number of rotatable bonds is 6. The van der Waals surface area contributed by atoms with Gasteiger partial charge in [0.05, 0.1) is 31.0 Å². The third kappa shape index (κ3) is 4.84. The summed E-state index contributed by atoms with van der Waals surface area (Å²) in [6.45, 7) is 12.3. The van der Waals surface area contributed by atoms with Crippen LogP contribution in [-0.4, -0.2) is 121 Å². The van der Waals surface area contributed by atoms with Crippen LogP contribution in [-0.2, 0) is 23.8 Å². The van der Waals surface area contributed by atoms with Crippen LogP contribution in [0, 0.1) is 39.4 Å². The second-order valence-electron chi connectivity index (χ2n) is 17.5. The van der Waals surface area contributed by atoms with Crippen molar-refractivity contribution in [2.24, 2.45) is 39.4 Å². The summed E-state index contributed by atoms with van der Waals surface area (Å²) >= 11 is 0. The zero-order chi connectivity index (χ0) is 35.6. The molecule has 6 rings (SSSR count). The fourth-order valence-electron chi connectivity index (χ4n) is 11.5. The molecule has 0 spiro atoms. The van der Waals surface area contributed by atoms with E-state index in [0.717, 1.165) is 5.57 Å². The van der Waals surface area contributed by atoms with Gasteiger partial charge in [-0.3, -0.25) is 9.59 Å². The molecule has 7 N–H and O–H groups in total. The maximum absolute atomic E-state index is 14.8. The third-order valence-corrected chi connectivity index (χ3v) is 14.5. The Balaban J connectivity index is 1.33. The fraction of sp³-hybridized carbons (Fsp3) is 0.889. The summed E-state index contributed by atoms with van der Waals surface area (Å²) in [4.78, 5) is 28.8. The number of aliphatic hydroxyl groups excluding tert-OH is 6. The quantitative estimate of drug-likeness (QED) is 0.195. The predicted octanol–water partition coefficient (Wildman–Crippen LogP) is 0.787. The molecule has 0 amide bonds. The summed E-state index contributed by atoms with van der Waals surface area (Å²) in [5.74, 6) is -1.20. The van der Waals surface area contributed by atoms with E-state index in [-0.39, 0.29) is 30.3 Å². The van der Waals surface area contributed by atoms with Crippen molar-refractivity contribution < 1.29 is 59.5 Å². The van der Waals surface area contributed by atoms with E-state index in [0.29, 0.717) is 25.7 Å². The van der Waals surface area contributed by atoms with Gasteiger partial charge in [0.1, 0.15) is 41.9 Å². The molecule has 5 fully saturated rings. The molecule has 48 heavy (non-hydrogen) atoms. The van der Waals surface area contributed by atoms with Gasteiger partial charge in [-0.05, 0) is 82.5 Å². The minimum atomic E-state index is -1.67. The first-order valence-electron chi connectivity index (χ1n) is 17.6. The Morgan fingerprint density at radius 1 is 0.979 bits per heavy atom. The highest BCUT2D eigenvalue weighted by Gasteiger charge is 2.75. The molecule has 2 saturated heterocycles. The van der Waals surface area contributed by atoms with E-state index in [4.69, 9.17) is 14.2 Å². The first kappa shape index (κ1) is 36.5. The number of hydrogen-bond acceptors (Lipinski definition) is 12. The molecule has 0 bridgehead atoms. The molecular formula is C36H56O12. The van der Waals surface area contributed by atoms with E-state index in [2.05, 4.69) is 19.9 Å². The fourth-order valence-corrected chi connectivity index (χ4v) is 11.5. The molecule has 4 aliphatic carbocycles. The Labute approximate surface area is 282 Å². The second kappa shape index (κ2) is 11.6. The minimum absolute atomic E-state index is 0.0411. The number of carbonyl (C=O) groups is 2. The zero-order valence-electron chi connectivity index (χ0n) is 29.3. The first-order valence-corrected chi connectivity index (χ1v) is 17.6. The van der Waals surface area contributed by atoms with Crippen LogP contribution in [0.4, 0.5) is 0 Å². The van der Waals surface area contributed by atoms with Crippen LogP contribution in [0.5, 0.6) is 0 Å². The minimum Gasteiger partial charge on any atom is -0.394 e. The summed E-state index contributed by atoms with van der Waals surface area (Å²) < 4.78 is 18.3. The van der Waals surface area contributed by atoms with Crippen molar-refractivity contribution in [1.82, 2.24) is 0 Å². The second-order valence-corrected chi connectivity index (χ2v) is 17.5. The summed E-state index contributed by atoms with van der Waals surface area (Å²) in [6, 6.07) is 0. The smallest absolute Gasteiger partial charge is 0.187 e. The maximum Gasteiger partial charge on any atom is 0.187 e. The number of carbonyl (C=O) groups excluding carboxylic acids is 2. The van der Waals surface area contributed by atoms with Gasteiger partial charge in [0, 0.05) is 23.2 Å². The van der Waals surface area contributed by atoms with Crippen LogP contribution in [0.3, 0.4) is 0 Å². The summed E-state index contributed by atoms with van der Waals surface area (Å²) in [5, 5.41) is 73.5. The van der Waals surface area contributed by atoms with Crippen molar-refractivity contribution >= 4 is 11.6 Å². The van der Waals surface area contributed by atoms with Gasteiger partial charge in [-0.15, -0.1) is 0 Å². The molecule has 12 heteroatoms. The van der Waals surface area contributed by atoms with Gasteiger partial charge in [0.15, 0.2) is 12.1 Å². The van der Waals surface area contributed by atoms with Crippen molar-refractivity contribution in [3.63, 3.8) is 0 Å². The van der Waals surface area contributed by atoms with Crippen LogP contribution in [0.25, 0.3) is 0 Å². The molecule has 6 unspecified atom stereocenters. The Bertz CT molecular complexity index is 1340. The van der Waals surface area contributed by atoms with Crippen LogP contribution < -0.4 is 0 Å².